The summed E-state index contributed by atoms with van der Waals surface area (Å²) in [4.78, 5) is 16.0. The van der Waals surface area contributed by atoms with Gasteiger partial charge in [0.2, 0.25) is 10.0 Å². The van der Waals surface area contributed by atoms with Gasteiger partial charge in [-0.15, -0.1) is 0 Å². The Labute approximate surface area is 295 Å². The molecule has 11 nitrogen and oxygen atoms in total. The fourth-order valence-corrected chi connectivity index (χ4v) is 7.88. The number of amides is 1. The van der Waals surface area contributed by atoms with Gasteiger partial charge in [0.05, 0.1) is 40.2 Å². The number of likely N-dealkylation sites (N-methyl/N-ethyl adjacent to an activating group) is 1. The molecule has 0 aliphatic carbocycles. The first-order chi connectivity index (χ1) is 23.1. The molecule has 2 N–H and O–H groups in total. The lowest BCUT2D eigenvalue weighted by Gasteiger charge is -2.35. The molecule has 1 heterocycles. The van der Waals surface area contributed by atoms with Crippen LogP contribution in [0.1, 0.15) is 56.0 Å². The fourth-order valence-electron chi connectivity index (χ4n) is 5.52. The van der Waals surface area contributed by atoms with Gasteiger partial charge in [-0.3, -0.25) is 9.52 Å². The van der Waals surface area contributed by atoms with Crippen molar-refractivity contribution in [2.45, 2.75) is 75.0 Å². The molecule has 3 aromatic carbocycles. The molecule has 1 amide bonds. The molecule has 268 valence electrons. The van der Waals surface area contributed by atoms with Gasteiger partial charge in [-0.05, 0) is 94.6 Å². The number of benzene rings is 3. The standard InChI is InChI=1S/C35H46ClN3O8S2/c1-24-9-14-30(15-10-24)48(42,43)37-29-13-18-33-32(20-29)35(41)39(26(3)23-40)21-25(2)34(46-19-7-6-8-27(4)47-33)22-38(5)49(44,45)31-16-11-28(36)12-17-31/h9-18,20,25-27,34,37,40H,6-8,19,21-23H2,1-5H3/t25-,26+,27+,34-/m0/s1. The molecule has 3 aromatic rings. The monoisotopic (exact) mass is 735 g/mol. The first kappa shape index (κ1) is 38.6. The van der Waals surface area contributed by atoms with E-state index in [4.69, 9.17) is 21.1 Å². The number of aryl methyl sites for hydroxylation is 1. The van der Waals surface area contributed by atoms with E-state index in [0.29, 0.717) is 24.5 Å². The molecule has 0 unspecified atom stereocenters. The second-order valence-corrected chi connectivity index (χ2v) is 16.8. The number of hydrogen-bond donors (Lipinski definition) is 2. The van der Waals surface area contributed by atoms with Gasteiger partial charge in [0.15, 0.2) is 0 Å². The summed E-state index contributed by atoms with van der Waals surface area (Å²) in [5.41, 5.74) is 1.21. The highest BCUT2D eigenvalue weighted by molar-refractivity contribution is 7.92. The predicted molar refractivity (Wildman–Crippen MR) is 190 cm³/mol. The third kappa shape index (κ3) is 9.95. The first-order valence-corrected chi connectivity index (χ1v) is 19.6. The van der Waals surface area contributed by atoms with E-state index < -0.39 is 38.1 Å². The molecule has 0 fully saturated rings. The maximum absolute atomic E-state index is 14.4. The van der Waals surface area contributed by atoms with Crippen molar-refractivity contribution >= 4 is 43.2 Å². The Balaban J connectivity index is 1.67. The molecule has 0 saturated carbocycles. The molecule has 1 aliphatic heterocycles. The van der Waals surface area contributed by atoms with E-state index in [0.717, 1.165) is 12.0 Å². The Hall–Kier alpha value is -3.20. The number of sulfonamides is 2. The van der Waals surface area contributed by atoms with Crippen molar-refractivity contribution in [2.75, 3.05) is 38.1 Å². The zero-order valence-electron chi connectivity index (χ0n) is 28.5. The van der Waals surface area contributed by atoms with E-state index in [1.54, 1.807) is 31.2 Å². The van der Waals surface area contributed by atoms with Crippen LogP contribution < -0.4 is 9.46 Å². The highest BCUT2D eigenvalue weighted by Crippen LogP contribution is 2.30. The van der Waals surface area contributed by atoms with Crippen LogP contribution in [0.15, 0.2) is 76.5 Å². The largest absolute Gasteiger partial charge is 0.490 e. The molecule has 14 heteroatoms. The minimum Gasteiger partial charge on any atom is -0.490 e. The number of nitrogens with zero attached hydrogens (tertiary/aromatic N) is 2. The zero-order chi connectivity index (χ0) is 35.9. The Morgan fingerprint density at radius 1 is 1.00 bits per heavy atom. The summed E-state index contributed by atoms with van der Waals surface area (Å²) in [6, 6.07) is 16.3. The summed E-state index contributed by atoms with van der Waals surface area (Å²) in [5.74, 6) is -0.572. The van der Waals surface area contributed by atoms with Crippen LogP contribution in [0.2, 0.25) is 5.02 Å². The van der Waals surface area contributed by atoms with Crippen molar-refractivity contribution in [3.8, 4) is 5.75 Å². The number of halogens is 1. The van der Waals surface area contributed by atoms with Gasteiger partial charge >= 0.3 is 0 Å². The van der Waals surface area contributed by atoms with Crippen LogP contribution in [-0.4, -0.2) is 88.7 Å². The number of ether oxygens (including phenoxy) is 2. The molecule has 0 radical (unpaired) electrons. The van der Waals surface area contributed by atoms with E-state index in [9.17, 15) is 26.7 Å². The number of nitrogens with one attached hydrogen (secondary N) is 1. The zero-order valence-corrected chi connectivity index (χ0v) is 30.9. The van der Waals surface area contributed by atoms with Crippen molar-refractivity contribution in [3.63, 3.8) is 0 Å². The quantitative estimate of drug-likeness (QED) is 0.291. The lowest BCUT2D eigenvalue weighted by atomic mass is 10.0. The highest BCUT2D eigenvalue weighted by atomic mass is 35.5. The van der Waals surface area contributed by atoms with Gasteiger partial charge in [-0.25, -0.2) is 16.8 Å². The molecule has 0 bridgehead atoms. The molecular weight excluding hydrogens is 690 g/mol. The van der Waals surface area contributed by atoms with Gasteiger partial charge in [0, 0.05) is 43.4 Å². The molecular formula is C35H46ClN3O8S2. The van der Waals surface area contributed by atoms with Gasteiger partial charge in [0.25, 0.3) is 15.9 Å². The third-order valence-electron chi connectivity index (χ3n) is 8.59. The number of hydrogen-bond acceptors (Lipinski definition) is 8. The van der Waals surface area contributed by atoms with Gasteiger partial charge < -0.3 is 19.5 Å². The maximum Gasteiger partial charge on any atom is 0.261 e. The van der Waals surface area contributed by atoms with Crippen LogP contribution in [0.25, 0.3) is 0 Å². The molecule has 0 saturated heterocycles. The highest BCUT2D eigenvalue weighted by Gasteiger charge is 2.32. The average Bonchev–Trinajstić information content (AvgIpc) is 3.06. The topological polar surface area (TPSA) is 143 Å². The van der Waals surface area contributed by atoms with Crippen molar-refractivity contribution in [1.29, 1.82) is 0 Å². The Morgan fingerprint density at radius 3 is 2.31 bits per heavy atom. The minimum absolute atomic E-state index is 0.0166. The van der Waals surface area contributed by atoms with Crippen LogP contribution >= 0.6 is 11.6 Å². The number of fused-ring (bicyclic) bond motifs is 1. The summed E-state index contributed by atoms with van der Waals surface area (Å²) < 4.78 is 69.6. The average molecular weight is 736 g/mol. The number of anilines is 1. The third-order valence-corrected chi connectivity index (χ3v) is 12.1. The lowest BCUT2D eigenvalue weighted by Crippen LogP contribution is -2.48. The Bertz CT molecular complexity index is 1790. The molecule has 49 heavy (non-hydrogen) atoms. The van der Waals surface area contributed by atoms with Crippen molar-refractivity contribution in [1.82, 2.24) is 9.21 Å². The molecule has 1 aliphatic rings. The Kier molecular flexibility index (Phi) is 13.1. The van der Waals surface area contributed by atoms with Crippen molar-refractivity contribution in [2.24, 2.45) is 5.92 Å². The predicted octanol–water partition coefficient (Wildman–Crippen LogP) is 5.57. The van der Waals surface area contributed by atoms with Crippen molar-refractivity contribution in [3.05, 3.63) is 82.9 Å². The number of carbonyl (C=O) groups excluding carboxylic acids is 1. The summed E-state index contributed by atoms with van der Waals surface area (Å²) >= 11 is 5.98. The summed E-state index contributed by atoms with van der Waals surface area (Å²) in [5, 5.41) is 10.6. The van der Waals surface area contributed by atoms with E-state index in [1.165, 1.54) is 58.7 Å². The Morgan fingerprint density at radius 2 is 1.65 bits per heavy atom. The van der Waals surface area contributed by atoms with Crippen LogP contribution in [0, 0.1) is 12.8 Å². The second kappa shape index (κ2) is 16.7. The van der Waals surface area contributed by atoms with Gasteiger partial charge in [0.1, 0.15) is 5.75 Å². The summed E-state index contributed by atoms with van der Waals surface area (Å²) in [6.45, 7) is 7.48. The van der Waals surface area contributed by atoms with E-state index >= 15 is 0 Å². The molecule has 0 aromatic heterocycles. The maximum atomic E-state index is 14.4. The van der Waals surface area contributed by atoms with Crippen LogP contribution in [-0.2, 0) is 24.8 Å². The molecule has 4 rings (SSSR count). The van der Waals surface area contributed by atoms with Gasteiger partial charge in [-0.1, -0.05) is 36.2 Å². The van der Waals surface area contributed by atoms with Gasteiger partial charge in [-0.2, -0.15) is 4.31 Å². The lowest BCUT2D eigenvalue weighted by molar-refractivity contribution is -0.00833. The number of carbonyl (C=O) groups is 1. The SMILES string of the molecule is Cc1ccc(S(=O)(=O)Nc2ccc3c(c2)C(=O)N([C@H](C)CO)C[C@H](C)[C@H](CN(C)S(=O)(=O)c2ccc(Cl)cc2)OCCCC[C@@H](C)O3)cc1. The van der Waals surface area contributed by atoms with E-state index in [-0.39, 0.29) is 58.5 Å². The second-order valence-electron chi connectivity index (χ2n) is 12.7. The summed E-state index contributed by atoms with van der Waals surface area (Å²) in [6.07, 6.45) is 1.23. The number of rotatable bonds is 9. The normalized spacial score (nSPS) is 20.6. The smallest absolute Gasteiger partial charge is 0.261 e. The fraction of sp³-hybridized carbons (Fsp3) is 0.457. The summed E-state index contributed by atoms with van der Waals surface area (Å²) in [7, 11) is -6.35. The molecule has 4 atom stereocenters. The number of aliphatic hydroxyl groups is 1. The molecule has 0 spiro atoms. The van der Waals surface area contributed by atoms with E-state index in [1.807, 2.05) is 20.8 Å². The van der Waals surface area contributed by atoms with Crippen LogP contribution in [0.4, 0.5) is 5.69 Å². The van der Waals surface area contributed by atoms with Crippen LogP contribution in [0.3, 0.4) is 0 Å². The van der Waals surface area contributed by atoms with E-state index in [2.05, 4.69) is 4.72 Å². The minimum atomic E-state index is -3.96. The van der Waals surface area contributed by atoms with Crippen molar-refractivity contribution < 1.29 is 36.2 Å². The van der Waals surface area contributed by atoms with Crippen LogP contribution in [0.5, 0.6) is 5.75 Å². The first-order valence-electron chi connectivity index (χ1n) is 16.3. The number of aliphatic hydroxyl groups excluding tert-OH is 1.